The third kappa shape index (κ3) is 3.54. The summed E-state index contributed by atoms with van der Waals surface area (Å²) in [5, 5.41) is 1.74. The van der Waals surface area contributed by atoms with Gasteiger partial charge in [0.25, 0.3) is 10.0 Å². The molecule has 8 heteroatoms. The van der Waals surface area contributed by atoms with Crippen molar-refractivity contribution in [1.82, 2.24) is 9.21 Å². The summed E-state index contributed by atoms with van der Waals surface area (Å²) in [6, 6.07) is 6.83. The first-order valence-corrected chi connectivity index (χ1v) is 9.43. The van der Waals surface area contributed by atoms with Gasteiger partial charge in [-0.2, -0.15) is 4.31 Å². The fourth-order valence-electron chi connectivity index (χ4n) is 2.33. The average molecular weight is 352 g/mol. The lowest BCUT2D eigenvalue weighted by atomic mass is 10.3. The summed E-state index contributed by atoms with van der Waals surface area (Å²) in [5.74, 6) is 0.465. The number of furan rings is 1. The number of thiophene rings is 1. The van der Waals surface area contributed by atoms with Crippen LogP contribution < -0.4 is 0 Å². The van der Waals surface area contributed by atoms with E-state index in [-0.39, 0.29) is 5.91 Å². The van der Waals surface area contributed by atoms with Crippen molar-refractivity contribution in [3.05, 3.63) is 47.7 Å². The molecule has 0 aromatic carbocycles. The Hall–Kier alpha value is -1.90. The average Bonchev–Trinajstić information content (AvgIpc) is 3.26. The molecule has 23 heavy (non-hydrogen) atoms. The van der Waals surface area contributed by atoms with Crippen molar-refractivity contribution in [2.24, 2.45) is 0 Å². The van der Waals surface area contributed by atoms with E-state index in [9.17, 15) is 13.2 Å². The minimum atomic E-state index is -3.43. The topological polar surface area (TPSA) is 70.8 Å². The highest BCUT2D eigenvalue weighted by atomic mass is 32.2. The Morgan fingerprint density at radius 1 is 1.17 bits per heavy atom. The number of piperazine rings is 1. The number of rotatable bonds is 4. The van der Waals surface area contributed by atoms with Crippen molar-refractivity contribution >= 4 is 33.3 Å². The zero-order chi connectivity index (χ0) is 16.3. The highest BCUT2D eigenvalue weighted by molar-refractivity contribution is 7.91. The second kappa shape index (κ2) is 6.69. The van der Waals surface area contributed by atoms with Gasteiger partial charge < -0.3 is 9.32 Å². The first-order valence-electron chi connectivity index (χ1n) is 7.11. The molecule has 1 aliphatic rings. The van der Waals surface area contributed by atoms with Gasteiger partial charge in [0.1, 0.15) is 9.97 Å². The zero-order valence-electron chi connectivity index (χ0n) is 12.3. The fourth-order valence-corrected chi connectivity index (χ4v) is 4.90. The molecule has 2 aromatic heterocycles. The minimum Gasteiger partial charge on any atom is -0.465 e. The molecule has 1 amide bonds. The molecule has 0 aliphatic carbocycles. The molecule has 1 fully saturated rings. The largest absolute Gasteiger partial charge is 0.465 e. The molecule has 2 aromatic rings. The van der Waals surface area contributed by atoms with E-state index in [1.165, 1.54) is 21.7 Å². The van der Waals surface area contributed by atoms with Crippen molar-refractivity contribution < 1.29 is 17.6 Å². The van der Waals surface area contributed by atoms with Crippen molar-refractivity contribution in [3.63, 3.8) is 0 Å². The molecule has 0 radical (unpaired) electrons. The molecule has 0 unspecified atom stereocenters. The van der Waals surface area contributed by atoms with Gasteiger partial charge in [-0.05, 0) is 29.7 Å². The predicted octanol–water partition coefficient (Wildman–Crippen LogP) is 1.89. The summed E-state index contributed by atoms with van der Waals surface area (Å²) < 4.78 is 31.7. The van der Waals surface area contributed by atoms with Crippen molar-refractivity contribution in [3.8, 4) is 0 Å². The molecule has 1 saturated heterocycles. The van der Waals surface area contributed by atoms with Crippen LogP contribution in [0.15, 0.2) is 50.6 Å². The van der Waals surface area contributed by atoms with Gasteiger partial charge in [0.05, 0.1) is 6.26 Å². The molecule has 0 atom stereocenters. The molecule has 0 saturated carbocycles. The molecule has 0 bridgehead atoms. The van der Waals surface area contributed by atoms with Gasteiger partial charge >= 0.3 is 0 Å². The van der Waals surface area contributed by atoms with Crippen LogP contribution >= 0.6 is 11.3 Å². The van der Waals surface area contributed by atoms with Crippen LogP contribution in [0.5, 0.6) is 0 Å². The second-order valence-electron chi connectivity index (χ2n) is 5.01. The number of carbonyl (C=O) groups is 1. The molecular formula is C15H16N2O4S2. The number of nitrogens with zero attached hydrogens (tertiary/aromatic N) is 2. The molecule has 1 aliphatic heterocycles. The summed E-state index contributed by atoms with van der Waals surface area (Å²) in [6.07, 6.45) is 4.59. The van der Waals surface area contributed by atoms with E-state index >= 15 is 0 Å². The molecule has 0 spiro atoms. The Kier molecular flexibility index (Phi) is 4.65. The van der Waals surface area contributed by atoms with Crippen LogP contribution in [0.4, 0.5) is 0 Å². The smallest absolute Gasteiger partial charge is 0.252 e. The Balaban J connectivity index is 1.59. The van der Waals surface area contributed by atoms with Gasteiger partial charge in [-0.1, -0.05) is 6.07 Å². The van der Waals surface area contributed by atoms with Gasteiger partial charge in [-0.15, -0.1) is 11.3 Å². The minimum absolute atomic E-state index is 0.144. The van der Waals surface area contributed by atoms with Crippen LogP contribution in [0.25, 0.3) is 6.08 Å². The summed E-state index contributed by atoms with van der Waals surface area (Å²) in [4.78, 5) is 13.7. The van der Waals surface area contributed by atoms with E-state index in [0.29, 0.717) is 36.1 Å². The van der Waals surface area contributed by atoms with E-state index in [4.69, 9.17) is 4.42 Å². The molecule has 6 nitrogen and oxygen atoms in total. The molecule has 3 rings (SSSR count). The summed E-state index contributed by atoms with van der Waals surface area (Å²) >= 11 is 1.21. The first kappa shape index (κ1) is 16.0. The van der Waals surface area contributed by atoms with Gasteiger partial charge in [-0.25, -0.2) is 8.42 Å². The third-order valence-electron chi connectivity index (χ3n) is 3.57. The maximum absolute atomic E-state index is 12.4. The molecule has 122 valence electrons. The summed E-state index contributed by atoms with van der Waals surface area (Å²) in [6.45, 7) is 1.37. The van der Waals surface area contributed by atoms with Crippen LogP contribution in [0, 0.1) is 0 Å². The monoisotopic (exact) mass is 352 g/mol. The van der Waals surface area contributed by atoms with Gasteiger partial charge in [0, 0.05) is 32.3 Å². The second-order valence-corrected chi connectivity index (χ2v) is 8.12. The Labute approximate surface area is 138 Å². The van der Waals surface area contributed by atoms with Gasteiger partial charge in [0.15, 0.2) is 0 Å². The van der Waals surface area contributed by atoms with E-state index in [0.717, 1.165) is 0 Å². The Morgan fingerprint density at radius 3 is 2.57 bits per heavy atom. The number of amides is 1. The number of sulfonamides is 1. The van der Waals surface area contributed by atoms with Crippen LogP contribution in [-0.4, -0.2) is 49.7 Å². The van der Waals surface area contributed by atoms with E-state index < -0.39 is 10.0 Å². The number of carbonyl (C=O) groups excluding carboxylic acids is 1. The Bertz CT molecular complexity index is 772. The van der Waals surface area contributed by atoms with Crippen LogP contribution in [0.3, 0.4) is 0 Å². The summed E-state index contributed by atoms with van der Waals surface area (Å²) in [7, 11) is -3.43. The van der Waals surface area contributed by atoms with Crippen molar-refractivity contribution in [2.75, 3.05) is 26.2 Å². The lowest BCUT2D eigenvalue weighted by molar-refractivity contribution is -0.127. The fraction of sp³-hybridized carbons (Fsp3) is 0.267. The standard InChI is InChI=1S/C15H16N2O4S2/c18-14(6-5-13-3-1-11-21-13)16-7-9-17(10-8-16)23(19,20)15-4-2-12-22-15/h1-6,11-12H,7-10H2. The maximum atomic E-state index is 12.4. The normalized spacial score (nSPS) is 17.0. The Morgan fingerprint density at radius 2 is 1.96 bits per heavy atom. The zero-order valence-corrected chi connectivity index (χ0v) is 13.9. The predicted molar refractivity (Wildman–Crippen MR) is 87.4 cm³/mol. The number of hydrogen-bond acceptors (Lipinski definition) is 5. The number of hydrogen-bond donors (Lipinski definition) is 0. The SMILES string of the molecule is O=C(C=Cc1ccco1)N1CCN(S(=O)(=O)c2cccs2)CC1. The van der Waals surface area contributed by atoms with Crippen LogP contribution in [0.1, 0.15) is 5.76 Å². The first-order chi connectivity index (χ1) is 11.1. The van der Waals surface area contributed by atoms with Crippen LogP contribution in [0.2, 0.25) is 0 Å². The highest BCUT2D eigenvalue weighted by Crippen LogP contribution is 2.22. The summed E-state index contributed by atoms with van der Waals surface area (Å²) in [5.41, 5.74) is 0. The van der Waals surface area contributed by atoms with E-state index in [1.54, 1.807) is 46.9 Å². The molecular weight excluding hydrogens is 336 g/mol. The lowest BCUT2D eigenvalue weighted by Crippen LogP contribution is -2.50. The van der Waals surface area contributed by atoms with Gasteiger partial charge in [0.2, 0.25) is 5.91 Å². The van der Waals surface area contributed by atoms with Crippen molar-refractivity contribution in [1.29, 1.82) is 0 Å². The van der Waals surface area contributed by atoms with Gasteiger partial charge in [-0.3, -0.25) is 4.79 Å². The third-order valence-corrected chi connectivity index (χ3v) is 6.84. The van der Waals surface area contributed by atoms with E-state index in [1.807, 2.05) is 0 Å². The van der Waals surface area contributed by atoms with Crippen molar-refractivity contribution in [2.45, 2.75) is 4.21 Å². The quantitative estimate of drug-likeness (QED) is 0.788. The molecule has 3 heterocycles. The van der Waals surface area contributed by atoms with Crippen LogP contribution in [-0.2, 0) is 14.8 Å². The lowest BCUT2D eigenvalue weighted by Gasteiger charge is -2.33. The maximum Gasteiger partial charge on any atom is 0.252 e. The van der Waals surface area contributed by atoms with E-state index in [2.05, 4.69) is 0 Å². The molecule has 0 N–H and O–H groups in total. The highest BCUT2D eigenvalue weighted by Gasteiger charge is 2.30.